The van der Waals surface area contributed by atoms with Crippen molar-refractivity contribution in [1.29, 1.82) is 0 Å². The van der Waals surface area contributed by atoms with E-state index in [4.69, 9.17) is 11.6 Å². The van der Waals surface area contributed by atoms with Crippen LogP contribution in [-0.2, 0) is 0 Å². The second-order valence-corrected chi connectivity index (χ2v) is 3.83. The maximum absolute atomic E-state index is 12.1. The van der Waals surface area contributed by atoms with Crippen molar-refractivity contribution in [2.24, 2.45) is 0 Å². The van der Waals surface area contributed by atoms with Crippen LogP contribution in [0.25, 0.3) is 0 Å². The monoisotopic (exact) mass is 237 g/mol. The molecule has 15 heavy (non-hydrogen) atoms. The number of nitrogens with zero attached hydrogens (tertiary/aromatic N) is 1. The van der Waals surface area contributed by atoms with E-state index in [0.717, 1.165) is 10.5 Å². The van der Waals surface area contributed by atoms with Gasteiger partial charge in [0.25, 0.3) is 0 Å². The highest BCUT2D eigenvalue weighted by Gasteiger charge is 2.29. The van der Waals surface area contributed by atoms with Gasteiger partial charge in [0.2, 0.25) is 0 Å². The summed E-state index contributed by atoms with van der Waals surface area (Å²) in [5, 5.41) is 0.326. The van der Waals surface area contributed by atoms with E-state index in [-0.39, 0.29) is 0 Å². The van der Waals surface area contributed by atoms with Crippen molar-refractivity contribution < 1.29 is 13.2 Å². The lowest BCUT2D eigenvalue weighted by Crippen LogP contribution is -2.31. The fraction of sp³-hybridized carbons (Fsp3) is 0.400. The fourth-order valence-electron chi connectivity index (χ4n) is 1.27. The number of aryl methyl sites for hydroxylation is 1. The largest absolute Gasteiger partial charge is 0.405 e. The van der Waals surface area contributed by atoms with Crippen LogP contribution < -0.4 is 4.90 Å². The molecule has 0 radical (unpaired) electrons. The minimum atomic E-state index is -4.22. The zero-order valence-corrected chi connectivity index (χ0v) is 9.15. The van der Waals surface area contributed by atoms with Gasteiger partial charge in [0, 0.05) is 7.05 Å². The Hall–Kier alpha value is -0.900. The summed E-state index contributed by atoms with van der Waals surface area (Å²) in [7, 11) is 1.37. The van der Waals surface area contributed by atoms with Crippen molar-refractivity contribution in [3.63, 3.8) is 0 Å². The van der Waals surface area contributed by atoms with E-state index >= 15 is 0 Å². The normalized spacial score (nSPS) is 11.6. The first kappa shape index (κ1) is 12.2. The van der Waals surface area contributed by atoms with Crippen LogP contribution in [0.3, 0.4) is 0 Å². The van der Waals surface area contributed by atoms with E-state index in [1.54, 1.807) is 25.1 Å². The molecule has 0 aromatic heterocycles. The van der Waals surface area contributed by atoms with Gasteiger partial charge in [0.05, 0.1) is 10.7 Å². The maximum atomic E-state index is 12.1. The third-order valence-electron chi connectivity index (χ3n) is 1.93. The quantitative estimate of drug-likeness (QED) is 0.759. The van der Waals surface area contributed by atoms with Crippen LogP contribution in [0.4, 0.5) is 18.9 Å². The van der Waals surface area contributed by atoms with E-state index in [2.05, 4.69) is 0 Å². The van der Waals surface area contributed by atoms with E-state index < -0.39 is 12.7 Å². The highest BCUT2D eigenvalue weighted by Crippen LogP contribution is 2.28. The van der Waals surface area contributed by atoms with Crippen LogP contribution in [0.2, 0.25) is 5.02 Å². The van der Waals surface area contributed by atoms with Crippen LogP contribution in [0.1, 0.15) is 5.56 Å². The first-order valence-electron chi connectivity index (χ1n) is 4.33. The maximum Gasteiger partial charge on any atom is 0.405 e. The topological polar surface area (TPSA) is 3.24 Å². The summed E-state index contributed by atoms with van der Waals surface area (Å²) in [6, 6.07) is 4.99. The number of halogens is 4. The smallest absolute Gasteiger partial charge is 0.364 e. The molecule has 0 bridgehead atoms. The van der Waals surface area contributed by atoms with Gasteiger partial charge in [-0.05, 0) is 24.6 Å². The molecule has 84 valence electrons. The van der Waals surface area contributed by atoms with Crippen LogP contribution in [0.5, 0.6) is 0 Å². The average molecular weight is 238 g/mol. The van der Waals surface area contributed by atoms with Gasteiger partial charge in [-0.2, -0.15) is 13.2 Å². The first-order valence-corrected chi connectivity index (χ1v) is 4.71. The number of alkyl halides is 3. The van der Waals surface area contributed by atoms with Crippen LogP contribution in [-0.4, -0.2) is 19.8 Å². The Labute approximate surface area is 91.5 Å². The van der Waals surface area contributed by atoms with E-state index in [1.165, 1.54) is 7.05 Å². The number of rotatable bonds is 2. The SMILES string of the molecule is Cc1ccc(Cl)c(N(C)CC(F)(F)F)c1. The highest BCUT2D eigenvalue weighted by atomic mass is 35.5. The molecule has 0 amide bonds. The molecule has 0 saturated heterocycles. The second-order valence-electron chi connectivity index (χ2n) is 3.43. The van der Waals surface area contributed by atoms with E-state index in [0.29, 0.717) is 10.7 Å². The zero-order chi connectivity index (χ0) is 11.6. The molecule has 0 unspecified atom stereocenters. The molecule has 1 aromatic carbocycles. The summed E-state index contributed by atoms with van der Waals surface area (Å²) in [6.07, 6.45) is -4.22. The zero-order valence-electron chi connectivity index (χ0n) is 8.40. The van der Waals surface area contributed by atoms with Gasteiger partial charge in [-0.1, -0.05) is 17.7 Å². The van der Waals surface area contributed by atoms with Crippen LogP contribution >= 0.6 is 11.6 Å². The summed E-state index contributed by atoms with van der Waals surface area (Å²) in [6.45, 7) is 0.803. The van der Waals surface area contributed by atoms with Gasteiger partial charge in [0.15, 0.2) is 0 Å². The Morgan fingerprint density at radius 2 is 1.93 bits per heavy atom. The van der Waals surface area contributed by atoms with E-state index in [9.17, 15) is 13.2 Å². The summed E-state index contributed by atoms with van der Waals surface area (Å²) >= 11 is 5.81. The third-order valence-corrected chi connectivity index (χ3v) is 2.25. The van der Waals surface area contributed by atoms with Crippen molar-refractivity contribution in [3.8, 4) is 0 Å². The molecule has 0 aliphatic heterocycles. The van der Waals surface area contributed by atoms with Gasteiger partial charge in [-0.25, -0.2) is 0 Å². The Morgan fingerprint density at radius 1 is 1.33 bits per heavy atom. The summed E-state index contributed by atoms with van der Waals surface area (Å²) in [4.78, 5) is 1.09. The number of hydrogen-bond donors (Lipinski definition) is 0. The molecule has 0 aliphatic rings. The molecule has 1 rings (SSSR count). The predicted molar refractivity (Wildman–Crippen MR) is 55.5 cm³/mol. The number of hydrogen-bond acceptors (Lipinski definition) is 1. The predicted octanol–water partition coefficient (Wildman–Crippen LogP) is 3.65. The highest BCUT2D eigenvalue weighted by molar-refractivity contribution is 6.33. The molecule has 0 aliphatic carbocycles. The molecule has 1 aromatic rings. The molecular weight excluding hydrogens is 227 g/mol. The van der Waals surface area contributed by atoms with Gasteiger partial charge < -0.3 is 4.90 Å². The van der Waals surface area contributed by atoms with Gasteiger partial charge in [-0.15, -0.1) is 0 Å². The van der Waals surface area contributed by atoms with Crippen molar-refractivity contribution in [3.05, 3.63) is 28.8 Å². The Bertz CT molecular complexity index is 349. The Kier molecular flexibility index (Phi) is 3.50. The molecule has 1 nitrogen and oxygen atoms in total. The summed E-state index contributed by atoms with van der Waals surface area (Å²) in [5.74, 6) is 0. The summed E-state index contributed by atoms with van der Waals surface area (Å²) < 4.78 is 36.4. The van der Waals surface area contributed by atoms with Crippen molar-refractivity contribution in [2.45, 2.75) is 13.1 Å². The fourth-order valence-corrected chi connectivity index (χ4v) is 1.53. The van der Waals surface area contributed by atoms with Crippen molar-refractivity contribution >= 4 is 17.3 Å². The molecule has 5 heteroatoms. The first-order chi connectivity index (χ1) is 6.79. The third kappa shape index (κ3) is 3.63. The molecule has 0 atom stereocenters. The van der Waals surface area contributed by atoms with Gasteiger partial charge >= 0.3 is 6.18 Å². The van der Waals surface area contributed by atoms with Crippen molar-refractivity contribution in [1.82, 2.24) is 0 Å². The lowest BCUT2D eigenvalue weighted by molar-refractivity contribution is -0.119. The summed E-state index contributed by atoms with van der Waals surface area (Å²) in [5.41, 5.74) is 1.28. The van der Waals surface area contributed by atoms with Crippen LogP contribution in [0.15, 0.2) is 18.2 Å². The molecule has 0 N–H and O–H groups in total. The Balaban J connectivity index is 2.90. The lowest BCUT2D eigenvalue weighted by Gasteiger charge is -2.22. The van der Waals surface area contributed by atoms with Crippen LogP contribution in [0, 0.1) is 6.92 Å². The lowest BCUT2D eigenvalue weighted by atomic mass is 10.2. The molecule has 0 heterocycles. The Morgan fingerprint density at radius 3 is 2.47 bits per heavy atom. The standard InChI is InChI=1S/C10H11ClF3N/c1-7-3-4-8(11)9(5-7)15(2)6-10(12,13)14/h3-5H,6H2,1-2H3. The number of benzene rings is 1. The molecule has 0 fully saturated rings. The molecule has 0 spiro atoms. The van der Waals surface area contributed by atoms with Gasteiger partial charge in [0.1, 0.15) is 6.54 Å². The molecule has 0 saturated carbocycles. The van der Waals surface area contributed by atoms with Crippen molar-refractivity contribution in [2.75, 3.05) is 18.5 Å². The molecular formula is C10H11ClF3N. The minimum absolute atomic E-state index is 0.326. The van der Waals surface area contributed by atoms with E-state index in [1.807, 2.05) is 0 Å². The minimum Gasteiger partial charge on any atom is -0.364 e. The average Bonchev–Trinajstić information content (AvgIpc) is 2.06. The van der Waals surface area contributed by atoms with Gasteiger partial charge in [-0.3, -0.25) is 0 Å². The number of anilines is 1. The second kappa shape index (κ2) is 4.31.